The van der Waals surface area contributed by atoms with Gasteiger partial charge in [0.15, 0.2) is 0 Å². The maximum Gasteiger partial charge on any atom is 0.200 e. The van der Waals surface area contributed by atoms with Crippen LogP contribution in [0.4, 0.5) is 10.3 Å². The van der Waals surface area contributed by atoms with Crippen LogP contribution in [-0.2, 0) is 13.0 Å². The molecule has 0 fully saturated rings. The Balaban J connectivity index is 1.94. The number of nitrogens with zero attached hydrogens (tertiary/aromatic N) is 2. The predicted molar refractivity (Wildman–Crippen MR) is 87.2 cm³/mol. The van der Waals surface area contributed by atoms with Gasteiger partial charge in [0.1, 0.15) is 11.6 Å². The molecular formula is C17H22FN3O. The Hall–Kier alpha value is -2.30. The van der Waals surface area contributed by atoms with Crippen LogP contribution in [0.5, 0.6) is 5.75 Å². The van der Waals surface area contributed by atoms with Gasteiger partial charge in [0.05, 0.1) is 18.0 Å². The minimum absolute atomic E-state index is 0.262. The van der Waals surface area contributed by atoms with Crippen molar-refractivity contribution < 1.29 is 9.13 Å². The van der Waals surface area contributed by atoms with Crippen LogP contribution in [0.25, 0.3) is 6.08 Å². The van der Waals surface area contributed by atoms with Crippen molar-refractivity contribution in [2.45, 2.75) is 33.2 Å². The van der Waals surface area contributed by atoms with E-state index in [-0.39, 0.29) is 5.82 Å². The molecule has 0 aliphatic heterocycles. The lowest BCUT2D eigenvalue weighted by Gasteiger charge is -2.09. The summed E-state index contributed by atoms with van der Waals surface area (Å²) in [6.45, 7) is 5.32. The van der Waals surface area contributed by atoms with Crippen LogP contribution in [0.2, 0.25) is 0 Å². The SMILES string of the molecule is C/C=C\c1c(CC)nc(N)n1CCCOc1ccc(F)cc1. The standard InChI is InChI=1S/C17H22FN3O/c1-3-6-16-15(4-2)20-17(19)21(16)11-5-12-22-14-9-7-13(18)8-10-14/h3,6-10H,4-5,11-12H2,1-2H3,(H2,19,20)/b6-3-. The second-order valence-corrected chi connectivity index (χ2v) is 4.96. The van der Waals surface area contributed by atoms with Gasteiger partial charge in [-0.3, -0.25) is 0 Å². The van der Waals surface area contributed by atoms with Crippen LogP contribution in [0.1, 0.15) is 31.7 Å². The minimum Gasteiger partial charge on any atom is -0.494 e. The van der Waals surface area contributed by atoms with Crippen molar-refractivity contribution in [3.05, 3.63) is 47.5 Å². The molecule has 0 aliphatic carbocycles. The number of hydrogen-bond acceptors (Lipinski definition) is 3. The highest BCUT2D eigenvalue weighted by molar-refractivity contribution is 5.51. The number of halogens is 1. The molecule has 0 saturated carbocycles. The molecule has 2 aromatic rings. The van der Waals surface area contributed by atoms with E-state index in [0.717, 1.165) is 30.8 Å². The summed E-state index contributed by atoms with van der Waals surface area (Å²) < 4.78 is 20.4. The normalized spacial score (nSPS) is 11.2. The molecule has 22 heavy (non-hydrogen) atoms. The summed E-state index contributed by atoms with van der Waals surface area (Å²) in [5.74, 6) is 0.941. The smallest absolute Gasteiger partial charge is 0.200 e. The molecule has 0 bridgehead atoms. The molecule has 0 unspecified atom stereocenters. The molecule has 4 nitrogen and oxygen atoms in total. The lowest BCUT2D eigenvalue weighted by atomic mass is 10.2. The molecule has 0 radical (unpaired) electrons. The van der Waals surface area contributed by atoms with Crippen LogP contribution in [0, 0.1) is 5.82 Å². The largest absolute Gasteiger partial charge is 0.494 e. The van der Waals surface area contributed by atoms with E-state index in [9.17, 15) is 4.39 Å². The van der Waals surface area contributed by atoms with Gasteiger partial charge in [-0.05, 0) is 50.1 Å². The van der Waals surface area contributed by atoms with Crippen LogP contribution >= 0.6 is 0 Å². The van der Waals surface area contributed by atoms with Crippen LogP contribution in [0.15, 0.2) is 30.3 Å². The third-order valence-corrected chi connectivity index (χ3v) is 3.38. The molecule has 5 heteroatoms. The molecule has 2 N–H and O–H groups in total. The number of rotatable bonds is 7. The molecule has 0 amide bonds. The average molecular weight is 303 g/mol. The van der Waals surface area contributed by atoms with Gasteiger partial charge < -0.3 is 15.0 Å². The summed E-state index contributed by atoms with van der Waals surface area (Å²) in [7, 11) is 0. The second-order valence-electron chi connectivity index (χ2n) is 4.96. The number of anilines is 1. The summed E-state index contributed by atoms with van der Waals surface area (Å²) in [6, 6.07) is 6.03. The molecule has 1 aromatic carbocycles. The summed E-state index contributed by atoms with van der Waals surface area (Å²) in [6.07, 6.45) is 5.67. The monoisotopic (exact) mass is 303 g/mol. The van der Waals surface area contributed by atoms with Crippen LogP contribution < -0.4 is 10.5 Å². The van der Waals surface area contributed by atoms with Crippen LogP contribution in [-0.4, -0.2) is 16.2 Å². The lowest BCUT2D eigenvalue weighted by molar-refractivity contribution is 0.301. The van der Waals surface area contributed by atoms with Gasteiger partial charge in [-0.15, -0.1) is 0 Å². The van der Waals surface area contributed by atoms with Gasteiger partial charge in [0.2, 0.25) is 5.95 Å². The quantitative estimate of drug-likeness (QED) is 0.794. The van der Waals surface area contributed by atoms with Crippen molar-refractivity contribution in [1.29, 1.82) is 0 Å². The third kappa shape index (κ3) is 3.87. The summed E-state index contributed by atoms with van der Waals surface area (Å²) in [5.41, 5.74) is 8.06. The molecule has 2 rings (SSSR count). The van der Waals surface area contributed by atoms with E-state index in [0.29, 0.717) is 18.3 Å². The Morgan fingerprint density at radius 2 is 2.05 bits per heavy atom. The summed E-state index contributed by atoms with van der Waals surface area (Å²) >= 11 is 0. The van der Waals surface area contributed by atoms with Crippen molar-refractivity contribution in [2.24, 2.45) is 0 Å². The molecule has 0 atom stereocenters. The predicted octanol–water partition coefficient (Wildman–Crippen LogP) is 3.67. The van der Waals surface area contributed by atoms with E-state index >= 15 is 0 Å². The zero-order chi connectivity index (χ0) is 15.9. The first-order chi connectivity index (χ1) is 10.7. The fraction of sp³-hybridized carbons (Fsp3) is 0.353. The Kier molecular flexibility index (Phi) is 5.58. The zero-order valence-electron chi connectivity index (χ0n) is 13.1. The molecule has 118 valence electrons. The Morgan fingerprint density at radius 1 is 1.32 bits per heavy atom. The Bertz CT molecular complexity index is 632. The fourth-order valence-corrected chi connectivity index (χ4v) is 2.32. The lowest BCUT2D eigenvalue weighted by Crippen LogP contribution is -2.09. The summed E-state index contributed by atoms with van der Waals surface area (Å²) in [4.78, 5) is 4.40. The molecule has 1 heterocycles. The maximum atomic E-state index is 12.8. The number of allylic oxidation sites excluding steroid dienone is 1. The maximum absolute atomic E-state index is 12.8. The van der Waals surface area contributed by atoms with E-state index in [1.807, 2.05) is 23.6 Å². The van der Waals surface area contributed by atoms with Gasteiger partial charge in [0, 0.05) is 6.54 Å². The highest BCUT2D eigenvalue weighted by Crippen LogP contribution is 2.17. The first kappa shape index (κ1) is 16.1. The minimum atomic E-state index is -0.262. The first-order valence-electron chi connectivity index (χ1n) is 7.51. The van der Waals surface area contributed by atoms with E-state index in [1.165, 1.54) is 12.1 Å². The number of hydrogen-bond donors (Lipinski definition) is 1. The van der Waals surface area contributed by atoms with Gasteiger partial charge in [-0.2, -0.15) is 0 Å². The number of aromatic nitrogens is 2. The van der Waals surface area contributed by atoms with Gasteiger partial charge in [-0.25, -0.2) is 9.37 Å². The van der Waals surface area contributed by atoms with Crippen molar-refractivity contribution >= 4 is 12.0 Å². The van der Waals surface area contributed by atoms with Crippen molar-refractivity contribution in [3.8, 4) is 5.75 Å². The number of nitrogen functional groups attached to an aromatic ring is 1. The topological polar surface area (TPSA) is 53.1 Å². The van der Waals surface area contributed by atoms with Gasteiger partial charge in [0.25, 0.3) is 0 Å². The molecule has 0 spiro atoms. The average Bonchev–Trinajstić information content (AvgIpc) is 2.82. The Labute approximate surface area is 130 Å². The molecule has 0 aliphatic rings. The number of nitrogens with two attached hydrogens (primary N) is 1. The number of aryl methyl sites for hydroxylation is 1. The highest BCUT2D eigenvalue weighted by Gasteiger charge is 2.11. The third-order valence-electron chi connectivity index (χ3n) is 3.38. The molecular weight excluding hydrogens is 281 g/mol. The fourth-order valence-electron chi connectivity index (χ4n) is 2.32. The van der Waals surface area contributed by atoms with E-state index in [4.69, 9.17) is 10.5 Å². The van der Waals surface area contributed by atoms with Crippen LogP contribution in [0.3, 0.4) is 0 Å². The first-order valence-corrected chi connectivity index (χ1v) is 7.51. The summed E-state index contributed by atoms with van der Waals surface area (Å²) in [5, 5.41) is 0. The van der Waals surface area contributed by atoms with E-state index in [1.54, 1.807) is 12.1 Å². The molecule has 1 aromatic heterocycles. The Morgan fingerprint density at radius 3 is 2.68 bits per heavy atom. The van der Waals surface area contributed by atoms with E-state index < -0.39 is 0 Å². The number of benzene rings is 1. The highest BCUT2D eigenvalue weighted by atomic mass is 19.1. The molecule has 0 saturated heterocycles. The van der Waals surface area contributed by atoms with Gasteiger partial charge >= 0.3 is 0 Å². The van der Waals surface area contributed by atoms with Gasteiger partial charge in [-0.1, -0.05) is 13.0 Å². The van der Waals surface area contributed by atoms with Crippen molar-refractivity contribution in [2.75, 3.05) is 12.3 Å². The number of imidazole rings is 1. The van der Waals surface area contributed by atoms with Crippen molar-refractivity contribution in [3.63, 3.8) is 0 Å². The van der Waals surface area contributed by atoms with Crippen molar-refractivity contribution in [1.82, 2.24) is 9.55 Å². The van der Waals surface area contributed by atoms with E-state index in [2.05, 4.69) is 11.9 Å². The zero-order valence-corrected chi connectivity index (χ0v) is 13.1. The number of ether oxygens (including phenoxy) is 1. The second kappa shape index (κ2) is 7.64.